The first-order valence-electron chi connectivity index (χ1n) is 4.82. The van der Waals surface area contributed by atoms with Crippen molar-refractivity contribution in [2.75, 3.05) is 53.8 Å². The summed E-state index contributed by atoms with van der Waals surface area (Å²) in [6.07, 6.45) is 0.927. The average molecular weight is 207 g/mol. The Morgan fingerprint density at radius 3 is 2.29 bits per heavy atom. The van der Waals surface area contributed by atoms with Crippen molar-refractivity contribution in [3.63, 3.8) is 0 Å². The van der Waals surface area contributed by atoms with E-state index in [9.17, 15) is 0 Å². The van der Waals surface area contributed by atoms with E-state index in [1.165, 1.54) is 0 Å². The zero-order chi connectivity index (χ0) is 10.5. The van der Waals surface area contributed by atoms with Gasteiger partial charge in [0.15, 0.2) is 0 Å². The molecule has 0 aliphatic heterocycles. The van der Waals surface area contributed by atoms with E-state index in [4.69, 9.17) is 19.0 Å². The molecule has 14 heavy (non-hydrogen) atoms. The van der Waals surface area contributed by atoms with Crippen LogP contribution in [-0.4, -0.2) is 53.8 Å². The maximum absolute atomic E-state index is 5.26. The number of hydrogen-bond acceptors (Lipinski definition) is 5. The number of hydrogen-bond donors (Lipinski definition) is 1. The minimum atomic E-state index is 0.570. The summed E-state index contributed by atoms with van der Waals surface area (Å²) in [7, 11) is 3.31. The maximum Gasteiger partial charge on any atom is 0.0915 e. The molecule has 0 aliphatic carbocycles. The standard InChI is InChI=1S/C9H21NO4/c1-11-6-8-13-5-3-4-10-14-9-7-12-2/h10H,3-9H2,1-2H3. The Morgan fingerprint density at radius 2 is 1.57 bits per heavy atom. The number of hydroxylamine groups is 1. The van der Waals surface area contributed by atoms with Gasteiger partial charge in [0, 0.05) is 27.4 Å². The van der Waals surface area contributed by atoms with Gasteiger partial charge in [-0.15, -0.1) is 0 Å². The van der Waals surface area contributed by atoms with Crippen LogP contribution in [0.4, 0.5) is 0 Å². The van der Waals surface area contributed by atoms with E-state index >= 15 is 0 Å². The van der Waals surface area contributed by atoms with E-state index in [0.29, 0.717) is 26.4 Å². The van der Waals surface area contributed by atoms with Gasteiger partial charge >= 0.3 is 0 Å². The average Bonchev–Trinajstić information content (AvgIpc) is 2.21. The smallest absolute Gasteiger partial charge is 0.0915 e. The van der Waals surface area contributed by atoms with Crippen molar-refractivity contribution in [2.24, 2.45) is 0 Å². The lowest BCUT2D eigenvalue weighted by Gasteiger charge is -2.05. The first-order chi connectivity index (χ1) is 6.91. The highest BCUT2D eigenvalue weighted by atomic mass is 16.7. The van der Waals surface area contributed by atoms with Crippen LogP contribution in [0.25, 0.3) is 0 Å². The number of methoxy groups -OCH3 is 2. The summed E-state index contributed by atoms with van der Waals surface area (Å²) >= 11 is 0. The van der Waals surface area contributed by atoms with Gasteiger partial charge in [-0.05, 0) is 6.42 Å². The van der Waals surface area contributed by atoms with Gasteiger partial charge in [-0.25, -0.2) is 5.48 Å². The molecular formula is C9H21NO4. The van der Waals surface area contributed by atoms with Crippen LogP contribution in [0.15, 0.2) is 0 Å². The second kappa shape index (κ2) is 12.8. The summed E-state index contributed by atoms with van der Waals surface area (Å²) in [5.41, 5.74) is 2.82. The van der Waals surface area contributed by atoms with Crippen molar-refractivity contribution in [3.05, 3.63) is 0 Å². The Kier molecular flexibility index (Phi) is 12.6. The van der Waals surface area contributed by atoms with Gasteiger partial charge < -0.3 is 14.2 Å². The fraction of sp³-hybridized carbons (Fsp3) is 1.00. The molecule has 0 aliphatic rings. The quantitative estimate of drug-likeness (QED) is 0.387. The van der Waals surface area contributed by atoms with E-state index in [1.807, 2.05) is 0 Å². The van der Waals surface area contributed by atoms with Crippen molar-refractivity contribution in [1.29, 1.82) is 0 Å². The molecule has 5 nitrogen and oxygen atoms in total. The molecule has 86 valence electrons. The fourth-order valence-electron chi connectivity index (χ4n) is 0.760. The monoisotopic (exact) mass is 207 g/mol. The zero-order valence-corrected chi connectivity index (χ0v) is 9.08. The maximum atomic E-state index is 5.26. The molecule has 0 bridgehead atoms. The lowest BCUT2D eigenvalue weighted by Crippen LogP contribution is -2.20. The van der Waals surface area contributed by atoms with Crippen LogP contribution in [0.2, 0.25) is 0 Å². The topological polar surface area (TPSA) is 49.0 Å². The van der Waals surface area contributed by atoms with Crippen LogP contribution >= 0.6 is 0 Å². The van der Waals surface area contributed by atoms with Gasteiger partial charge in [-0.2, -0.15) is 0 Å². The summed E-state index contributed by atoms with van der Waals surface area (Å²) in [6, 6.07) is 0. The summed E-state index contributed by atoms with van der Waals surface area (Å²) in [4.78, 5) is 5.05. The predicted octanol–water partition coefficient (Wildman–Crippen LogP) is 0.207. The zero-order valence-electron chi connectivity index (χ0n) is 9.08. The van der Waals surface area contributed by atoms with Crippen LogP contribution < -0.4 is 5.48 Å². The normalized spacial score (nSPS) is 10.7. The lowest BCUT2D eigenvalue weighted by atomic mass is 10.5. The molecule has 1 N–H and O–H groups in total. The summed E-state index contributed by atoms with van der Waals surface area (Å²) in [5.74, 6) is 0. The molecule has 0 aromatic rings. The Morgan fingerprint density at radius 1 is 0.857 bits per heavy atom. The molecule has 0 heterocycles. The fourth-order valence-corrected chi connectivity index (χ4v) is 0.760. The molecule has 0 unspecified atom stereocenters. The number of nitrogens with one attached hydrogen (secondary N) is 1. The molecule has 0 atom stereocenters. The van der Waals surface area contributed by atoms with Gasteiger partial charge in [0.05, 0.1) is 26.4 Å². The predicted molar refractivity (Wildman–Crippen MR) is 53.1 cm³/mol. The van der Waals surface area contributed by atoms with Crippen molar-refractivity contribution < 1.29 is 19.0 Å². The number of rotatable bonds is 11. The molecule has 5 heteroatoms. The van der Waals surface area contributed by atoms with Crippen LogP contribution in [0.5, 0.6) is 0 Å². The van der Waals surface area contributed by atoms with Gasteiger partial charge in [-0.3, -0.25) is 4.84 Å². The SMILES string of the molecule is COCCOCCCNOCCOC. The third-order valence-corrected chi connectivity index (χ3v) is 1.49. The van der Waals surface area contributed by atoms with Crippen molar-refractivity contribution in [2.45, 2.75) is 6.42 Å². The Labute approximate surface area is 85.6 Å². The van der Waals surface area contributed by atoms with Crippen LogP contribution in [0.1, 0.15) is 6.42 Å². The largest absolute Gasteiger partial charge is 0.382 e. The summed E-state index contributed by atoms with van der Waals surface area (Å²) < 4.78 is 14.9. The van der Waals surface area contributed by atoms with E-state index in [2.05, 4.69) is 5.48 Å². The van der Waals surface area contributed by atoms with Crippen molar-refractivity contribution >= 4 is 0 Å². The van der Waals surface area contributed by atoms with Gasteiger partial charge in [0.1, 0.15) is 0 Å². The lowest BCUT2D eigenvalue weighted by molar-refractivity contribution is 0.00152. The first kappa shape index (κ1) is 13.8. The molecule has 0 spiro atoms. The highest BCUT2D eigenvalue weighted by Crippen LogP contribution is 1.81. The highest BCUT2D eigenvalue weighted by molar-refractivity contribution is 4.37. The third kappa shape index (κ3) is 11.8. The first-order valence-corrected chi connectivity index (χ1v) is 4.82. The third-order valence-electron chi connectivity index (χ3n) is 1.49. The van der Waals surface area contributed by atoms with E-state index in [1.54, 1.807) is 14.2 Å². The second-order valence-corrected chi connectivity index (χ2v) is 2.69. The van der Waals surface area contributed by atoms with Crippen molar-refractivity contribution in [3.8, 4) is 0 Å². The Hall–Kier alpha value is -0.200. The molecule has 0 radical (unpaired) electrons. The van der Waals surface area contributed by atoms with Gasteiger partial charge in [0.2, 0.25) is 0 Å². The summed E-state index contributed by atoms with van der Waals surface area (Å²) in [5, 5.41) is 0. The molecule has 0 rings (SSSR count). The molecule has 0 saturated carbocycles. The molecule has 0 aromatic heterocycles. The number of ether oxygens (including phenoxy) is 3. The van der Waals surface area contributed by atoms with Gasteiger partial charge in [-0.1, -0.05) is 0 Å². The molecule has 0 amide bonds. The molecule has 0 fully saturated rings. The van der Waals surface area contributed by atoms with E-state index < -0.39 is 0 Å². The highest BCUT2D eigenvalue weighted by Gasteiger charge is 1.89. The minimum Gasteiger partial charge on any atom is -0.382 e. The van der Waals surface area contributed by atoms with Gasteiger partial charge in [0.25, 0.3) is 0 Å². The Balaban J connectivity index is 2.78. The summed E-state index contributed by atoms with van der Waals surface area (Å²) in [6.45, 7) is 4.00. The van der Waals surface area contributed by atoms with Crippen LogP contribution in [-0.2, 0) is 19.0 Å². The van der Waals surface area contributed by atoms with Crippen molar-refractivity contribution in [1.82, 2.24) is 5.48 Å². The second-order valence-electron chi connectivity index (χ2n) is 2.69. The van der Waals surface area contributed by atoms with E-state index in [-0.39, 0.29) is 0 Å². The van der Waals surface area contributed by atoms with Crippen LogP contribution in [0.3, 0.4) is 0 Å². The minimum absolute atomic E-state index is 0.570. The molecule has 0 saturated heterocycles. The molecular weight excluding hydrogens is 186 g/mol. The van der Waals surface area contributed by atoms with Crippen LogP contribution in [0, 0.1) is 0 Å². The van der Waals surface area contributed by atoms with E-state index in [0.717, 1.165) is 19.6 Å². The Bertz CT molecular complexity index is 90.8. The molecule has 0 aromatic carbocycles.